The highest BCUT2D eigenvalue weighted by Gasteiger charge is 2.12. The summed E-state index contributed by atoms with van der Waals surface area (Å²) in [5, 5.41) is 16.2. The van der Waals surface area contributed by atoms with Crippen LogP contribution < -0.4 is 10.6 Å². The number of amides is 1. The Bertz CT molecular complexity index is 1060. The van der Waals surface area contributed by atoms with E-state index in [1.807, 2.05) is 19.1 Å². The van der Waals surface area contributed by atoms with Crippen molar-refractivity contribution in [3.8, 4) is 28.1 Å². The Morgan fingerprint density at radius 3 is 2.62 bits per heavy atom. The molecule has 5 nitrogen and oxygen atoms in total. The molecule has 150 valence electrons. The van der Waals surface area contributed by atoms with E-state index in [0.717, 1.165) is 5.56 Å². The van der Waals surface area contributed by atoms with E-state index < -0.39 is 5.82 Å². The monoisotopic (exact) mass is 413 g/mol. The maximum atomic E-state index is 14.0. The van der Waals surface area contributed by atoms with Gasteiger partial charge in [0.2, 0.25) is 5.91 Å². The van der Waals surface area contributed by atoms with Crippen LogP contribution >= 0.6 is 11.6 Å². The average molecular weight is 414 g/mol. The third-order valence-corrected chi connectivity index (χ3v) is 4.62. The maximum absolute atomic E-state index is 14.0. The van der Waals surface area contributed by atoms with Gasteiger partial charge in [0.25, 0.3) is 0 Å². The van der Waals surface area contributed by atoms with Gasteiger partial charge in [-0.25, -0.2) is 9.37 Å². The second kappa shape index (κ2) is 8.92. The number of hydrogen-bond donors (Lipinski definition) is 3. The molecule has 0 aliphatic carbocycles. The first-order valence-electron chi connectivity index (χ1n) is 9.09. The molecule has 7 heteroatoms. The van der Waals surface area contributed by atoms with Gasteiger partial charge in [-0.2, -0.15) is 0 Å². The van der Waals surface area contributed by atoms with Crippen molar-refractivity contribution >= 4 is 23.3 Å². The normalized spacial score (nSPS) is 10.6. The van der Waals surface area contributed by atoms with Crippen LogP contribution in [0.5, 0.6) is 5.75 Å². The molecule has 0 saturated carbocycles. The Morgan fingerprint density at radius 2 is 1.90 bits per heavy atom. The second-order valence-corrected chi connectivity index (χ2v) is 7.09. The number of rotatable bonds is 6. The number of hydrogen-bond acceptors (Lipinski definition) is 4. The van der Waals surface area contributed by atoms with Crippen LogP contribution in [0, 0.1) is 12.7 Å². The highest BCUT2D eigenvalue weighted by Crippen LogP contribution is 2.34. The summed E-state index contributed by atoms with van der Waals surface area (Å²) in [7, 11) is 0. The van der Waals surface area contributed by atoms with Crippen molar-refractivity contribution in [2.45, 2.75) is 13.8 Å². The number of aryl methyl sites for hydroxylation is 1. The van der Waals surface area contributed by atoms with Crippen LogP contribution in [0.25, 0.3) is 22.4 Å². The summed E-state index contributed by atoms with van der Waals surface area (Å²) < 4.78 is 14.0. The van der Waals surface area contributed by atoms with E-state index in [2.05, 4.69) is 15.6 Å². The minimum absolute atomic E-state index is 0.0491. The number of anilines is 1. The number of aromatic hydroxyl groups is 1. The third kappa shape index (κ3) is 5.23. The van der Waals surface area contributed by atoms with Gasteiger partial charge in [0.05, 0.1) is 10.7 Å². The van der Waals surface area contributed by atoms with Crippen LogP contribution in [0.15, 0.2) is 48.5 Å². The molecule has 2 aromatic carbocycles. The van der Waals surface area contributed by atoms with Gasteiger partial charge >= 0.3 is 0 Å². The topological polar surface area (TPSA) is 74.2 Å². The van der Waals surface area contributed by atoms with Crippen molar-refractivity contribution in [3.05, 3.63) is 64.9 Å². The number of carbonyl (C=O) groups excluding carboxylic acids is 1. The van der Waals surface area contributed by atoms with E-state index in [0.29, 0.717) is 41.3 Å². The van der Waals surface area contributed by atoms with E-state index in [4.69, 9.17) is 11.6 Å². The highest BCUT2D eigenvalue weighted by atomic mass is 35.5. The van der Waals surface area contributed by atoms with Crippen molar-refractivity contribution in [2.24, 2.45) is 0 Å². The lowest BCUT2D eigenvalue weighted by Gasteiger charge is -2.13. The van der Waals surface area contributed by atoms with Gasteiger partial charge in [-0.15, -0.1) is 0 Å². The lowest BCUT2D eigenvalue weighted by atomic mass is 10.0. The second-order valence-electron chi connectivity index (χ2n) is 6.69. The molecule has 1 aromatic heterocycles. The highest BCUT2D eigenvalue weighted by molar-refractivity contribution is 6.30. The van der Waals surface area contributed by atoms with E-state index in [9.17, 15) is 14.3 Å². The van der Waals surface area contributed by atoms with Crippen LogP contribution in [0.1, 0.15) is 12.5 Å². The van der Waals surface area contributed by atoms with E-state index >= 15 is 0 Å². The summed E-state index contributed by atoms with van der Waals surface area (Å²) in [5.41, 5.74) is 3.44. The van der Waals surface area contributed by atoms with E-state index in [1.165, 1.54) is 19.1 Å². The fourth-order valence-electron chi connectivity index (χ4n) is 2.89. The van der Waals surface area contributed by atoms with Crippen LogP contribution in [0.4, 0.5) is 10.2 Å². The smallest absolute Gasteiger partial charge is 0.216 e. The predicted octanol–water partition coefficient (Wildman–Crippen LogP) is 4.77. The Labute approximate surface area is 173 Å². The molecule has 1 heterocycles. The molecule has 3 aromatic rings. The first-order chi connectivity index (χ1) is 13.8. The Kier molecular flexibility index (Phi) is 6.34. The molecule has 3 N–H and O–H groups in total. The molecule has 0 saturated heterocycles. The molecule has 0 spiro atoms. The van der Waals surface area contributed by atoms with Crippen molar-refractivity contribution < 1.29 is 14.3 Å². The summed E-state index contributed by atoms with van der Waals surface area (Å²) in [6.07, 6.45) is 0. The summed E-state index contributed by atoms with van der Waals surface area (Å²) in [4.78, 5) is 15.6. The van der Waals surface area contributed by atoms with E-state index in [-0.39, 0.29) is 16.7 Å². The molecule has 0 unspecified atom stereocenters. The van der Waals surface area contributed by atoms with Crippen molar-refractivity contribution in [1.29, 1.82) is 0 Å². The minimum atomic E-state index is -0.513. The van der Waals surface area contributed by atoms with Gasteiger partial charge in [-0.05, 0) is 54.4 Å². The lowest BCUT2D eigenvalue weighted by molar-refractivity contribution is -0.118. The number of phenols is 1. The number of halogens is 2. The number of phenolic OH excluding ortho intramolecular Hbond substituents is 1. The summed E-state index contributed by atoms with van der Waals surface area (Å²) in [6.45, 7) is 4.27. The largest absolute Gasteiger partial charge is 0.507 e. The quantitative estimate of drug-likeness (QED) is 0.509. The number of carbonyl (C=O) groups is 1. The molecule has 0 aliphatic rings. The van der Waals surface area contributed by atoms with Gasteiger partial charge in [0.15, 0.2) is 0 Å². The Hall–Kier alpha value is -3.12. The molecule has 0 radical (unpaired) electrons. The van der Waals surface area contributed by atoms with Gasteiger partial charge in [-0.3, -0.25) is 4.79 Å². The summed E-state index contributed by atoms with van der Waals surface area (Å²) >= 11 is 5.81. The van der Waals surface area contributed by atoms with Gasteiger partial charge in [0.1, 0.15) is 17.4 Å². The minimum Gasteiger partial charge on any atom is -0.507 e. The fourth-order valence-corrected chi connectivity index (χ4v) is 3.00. The number of nitrogens with one attached hydrogen (secondary N) is 2. The molecule has 0 bridgehead atoms. The predicted molar refractivity (Wildman–Crippen MR) is 114 cm³/mol. The molecule has 3 rings (SSSR count). The first-order valence-corrected chi connectivity index (χ1v) is 9.47. The number of pyridine rings is 1. The van der Waals surface area contributed by atoms with Gasteiger partial charge < -0.3 is 15.7 Å². The molecule has 1 amide bonds. The van der Waals surface area contributed by atoms with Crippen molar-refractivity contribution in [3.63, 3.8) is 0 Å². The molecular formula is C22H21ClFN3O2. The standard InChI is InChI=1S/C22H21ClFN3O2/c1-13-3-6-21(29)17(9-13)20-11-16(15-4-5-18(23)19(24)10-15)12-22(27-20)26-8-7-25-14(2)28/h3-6,9-12,29H,7-8H2,1-2H3,(H,25,28)(H,26,27). The molecule has 29 heavy (non-hydrogen) atoms. The fraction of sp³-hybridized carbons (Fsp3) is 0.182. The molecule has 0 fully saturated rings. The van der Waals surface area contributed by atoms with E-state index in [1.54, 1.807) is 24.3 Å². The number of nitrogens with zero attached hydrogens (tertiary/aromatic N) is 1. The zero-order chi connectivity index (χ0) is 21.0. The van der Waals surface area contributed by atoms with Crippen LogP contribution in [0.2, 0.25) is 5.02 Å². The SMILES string of the molecule is CC(=O)NCCNc1cc(-c2ccc(Cl)c(F)c2)cc(-c2cc(C)ccc2O)n1. The zero-order valence-electron chi connectivity index (χ0n) is 16.1. The van der Waals surface area contributed by atoms with Gasteiger partial charge in [0, 0.05) is 25.6 Å². The third-order valence-electron chi connectivity index (χ3n) is 4.31. The maximum Gasteiger partial charge on any atom is 0.216 e. The van der Waals surface area contributed by atoms with Gasteiger partial charge in [-0.1, -0.05) is 29.3 Å². The zero-order valence-corrected chi connectivity index (χ0v) is 16.8. The Balaban J connectivity index is 2.02. The average Bonchev–Trinajstić information content (AvgIpc) is 2.69. The number of aromatic nitrogens is 1. The molecule has 0 aliphatic heterocycles. The Morgan fingerprint density at radius 1 is 1.10 bits per heavy atom. The molecule has 0 atom stereocenters. The summed E-state index contributed by atoms with van der Waals surface area (Å²) in [5.74, 6) is 0.0162. The van der Waals surface area contributed by atoms with Crippen molar-refractivity contribution in [1.82, 2.24) is 10.3 Å². The molecular weight excluding hydrogens is 393 g/mol. The van der Waals surface area contributed by atoms with Crippen LogP contribution in [-0.2, 0) is 4.79 Å². The summed E-state index contributed by atoms with van der Waals surface area (Å²) in [6, 6.07) is 13.4. The van der Waals surface area contributed by atoms with Crippen LogP contribution in [-0.4, -0.2) is 29.1 Å². The first kappa shape index (κ1) is 20.6. The van der Waals surface area contributed by atoms with Crippen LogP contribution in [0.3, 0.4) is 0 Å². The lowest BCUT2D eigenvalue weighted by Crippen LogP contribution is -2.26. The van der Waals surface area contributed by atoms with Crippen molar-refractivity contribution in [2.75, 3.05) is 18.4 Å². The number of benzene rings is 2.